The zero-order chi connectivity index (χ0) is 20.2. The Hall–Kier alpha value is -3.19. The van der Waals surface area contributed by atoms with Gasteiger partial charge in [-0.15, -0.1) is 0 Å². The van der Waals surface area contributed by atoms with Crippen LogP contribution in [0.4, 0.5) is 4.39 Å². The van der Waals surface area contributed by atoms with Crippen molar-refractivity contribution in [2.75, 3.05) is 7.05 Å². The van der Waals surface area contributed by atoms with Crippen LogP contribution in [0.3, 0.4) is 0 Å². The number of furan rings is 1. The highest BCUT2D eigenvalue weighted by Gasteiger charge is 2.23. The fourth-order valence-electron chi connectivity index (χ4n) is 3.02. The zero-order valence-corrected chi connectivity index (χ0v) is 16.5. The van der Waals surface area contributed by atoms with Crippen molar-refractivity contribution < 1.29 is 13.6 Å². The van der Waals surface area contributed by atoms with Crippen molar-refractivity contribution in [3.05, 3.63) is 89.7 Å². The molecule has 4 aromatic rings. The Morgan fingerprint density at radius 1 is 1.07 bits per heavy atom. The Bertz CT molecular complexity index is 1130. The first-order valence-electron chi connectivity index (χ1n) is 9.02. The first-order valence-corrected chi connectivity index (χ1v) is 10.0. The molecule has 2 heterocycles. The molecule has 0 spiro atoms. The van der Waals surface area contributed by atoms with E-state index in [-0.39, 0.29) is 11.7 Å². The molecule has 29 heavy (non-hydrogen) atoms. The summed E-state index contributed by atoms with van der Waals surface area (Å²) in [6.07, 6.45) is 3.37. The highest BCUT2D eigenvalue weighted by molar-refractivity contribution is 7.98. The van der Waals surface area contributed by atoms with Crippen LogP contribution in [0.25, 0.3) is 11.0 Å². The second kappa shape index (κ2) is 8.45. The van der Waals surface area contributed by atoms with Gasteiger partial charge >= 0.3 is 0 Å². The standard InChI is InChI=1S/C22H18FN3O2S/c1-26(13-15-7-9-16(23)10-8-15)21(27)20-18(14-29-22-24-11-4-12-25-22)17-5-2-3-6-19(17)28-20/h2-12H,13-14H2,1H3. The maximum atomic E-state index is 13.1. The van der Waals surface area contributed by atoms with E-state index in [1.54, 1.807) is 42.5 Å². The summed E-state index contributed by atoms with van der Waals surface area (Å²) >= 11 is 1.45. The van der Waals surface area contributed by atoms with E-state index in [9.17, 15) is 9.18 Å². The van der Waals surface area contributed by atoms with E-state index in [4.69, 9.17) is 4.42 Å². The minimum atomic E-state index is -0.303. The topological polar surface area (TPSA) is 59.2 Å². The fraction of sp³-hybridized carbons (Fsp3) is 0.136. The molecule has 5 nitrogen and oxygen atoms in total. The van der Waals surface area contributed by atoms with Crippen molar-refractivity contribution in [3.63, 3.8) is 0 Å². The lowest BCUT2D eigenvalue weighted by Gasteiger charge is -2.16. The predicted molar refractivity (Wildman–Crippen MR) is 110 cm³/mol. The van der Waals surface area contributed by atoms with Crippen LogP contribution in [0.2, 0.25) is 0 Å². The Labute approximate surface area is 171 Å². The van der Waals surface area contributed by atoms with Crippen LogP contribution >= 0.6 is 11.8 Å². The fourth-order valence-corrected chi connectivity index (χ4v) is 3.85. The van der Waals surface area contributed by atoms with E-state index < -0.39 is 0 Å². The molecule has 0 saturated carbocycles. The molecule has 2 aromatic heterocycles. The number of rotatable bonds is 6. The van der Waals surface area contributed by atoms with Crippen LogP contribution in [0.1, 0.15) is 21.7 Å². The molecule has 0 aliphatic rings. The normalized spacial score (nSPS) is 11.0. The van der Waals surface area contributed by atoms with Crippen LogP contribution in [0.15, 0.2) is 76.6 Å². The van der Waals surface area contributed by atoms with Crippen molar-refractivity contribution >= 4 is 28.6 Å². The average molecular weight is 407 g/mol. The number of carbonyl (C=O) groups excluding carboxylic acids is 1. The summed E-state index contributed by atoms with van der Waals surface area (Å²) < 4.78 is 19.1. The number of thioether (sulfide) groups is 1. The van der Waals surface area contributed by atoms with E-state index in [2.05, 4.69) is 9.97 Å². The summed E-state index contributed by atoms with van der Waals surface area (Å²) in [7, 11) is 1.70. The maximum absolute atomic E-state index is 13.1. The molecule has 0 saturated heterocycles. The first-order chi connectivity index (χ1) is 14.1. The summed E-state index contributed by atoms with van der Waals surface area (Å²) in [5.74, 6) is 0.281. The Balaban J connectivity index is 1.61. The van der Waals surface area contributed by atoms with E-state index in [0.717, 1.165) is 16.5 Å². The lowest BCUT2D eigenvalue weighted by Crippen LogP contribution is -2.26. The molecular formula is C22H18FN3O2S. The summed E-state index contributed by atoms with van der Waals surface area (Å²) in [4.78, 5) is 23.2. The van der Waals surface area contributed by atoms with Crippen LogP contribution < -0.4 is 0 Å². The van der Waals surface area contributed by atoms with E-state index in [0.29, 0.717) is 28.8 Å². The number of amides is 1. The summed E-state index contributed by atoms with van der Waals surface area (Å²) in [5, 5.41) is 1.53. The van der Waals surface area contributed by atoms with Crippen LogP contribution in [0, 0.1) is 5.82 Å². The SMILES string of the molecule is CN(Cc1ccc(F)cc1)C(=O)c1oc2ccccc2c1CSc1ncccn1. The van der Waals surface area contributed by atoms with Crippen molar-refractivity contribution in [1.29, 1.82) is 0 Å². The smallest absolute Gasteiger partial charge is 0.289 e. The number of fused-ring (bicyclic) bond motifs is 1. The van der Waals surface area contributed by atoms with Gasteiger partial charge in [-0.25, -0.2) is 14.4 Å². The van der Waals surface area contributed by atoms with Gasteiger partial charge in [0.05, 0.1) is 0 Å². The molecule has 146 valence electrons. The molecule has 4 rings (SSSR count). The lowest BCUT2D eigenvalue weighted by atomic mass is 10.1. The molecule has 0 N–H and O–H groups in total. The van der Waals surface area contributed by atoms with Gasteiger partial charge in [0.2, 0.25) is 0 Å². The summed E-state index contributed by atoms with van der Waals surface area (Å²) in [6, 6.07) is 15.4. The molecule has 0 fully saturated rings. The highest BCUT2D eigenvalue weighted by Crippen LogP contribution is 2.31. The van der Waals surface area contributed by atoms with Gasteiger partial charge in [-0.1, -0.05) is 42.1 Å². The second-order valence-electron chi connectivity index (χ2n) is 6.51. The van der Waals surface area contributed by atoms with Crippen molar-refractivity contribution in [3.8, 4) is 0 Å². The zero-order valence-electron chi connectivity index (χ0n) is 15.7. The third kappa shape index (κ3) is 4.30. The number of hydrogen-bond acceptors (Lipinski definition) is 5. The van der Waals surface area contributed by atoms with E-state index in [1.165, 1.54) is 23.9 Å². The van der Waals surface area contributed by atoms with Crippen molar-refractivity contribution in [1.82, 2.24) is 14.9 Å². The Morgan fingerprint density at radius 2 is 1.79 bits per heavy atom. The van der Waals surface area contributed by atoms with Gasteiger partial charge in [-0.3, -0.25) is 4.79 Å². The average Bonchev–Trinajstić information content (AvgIpc) is 3.12. The minimum absolute atomic E-state index is 0.227. The molecule has 0 bridgehead atoms. The van der Waals surface area contributed by atoms with Gasteiger partial charge in [-0.2, -0.15) is 0 Å². The monoisotopic (exact) mass is 407 g/mol. The number of nitrogens with zero attached hydrogens (tertiary/aromatic N) is 3. The number of halogens is 1. The first kappa shape index (κ1) is 19.1. The lowest BCUT2D eigenvalue weighted by molar-refractivity contribution is 0.0754. The Kier molecular flexibility index (Phi) is 5.57. The number of para-hydroxylation sites is 1. The largest absolute Gasteiger partial charge is 0.451 e. The van der Waals surface area contributed by atoms with Crippen molar-refractivity contribution in [2.45, 2.75) is 17.5 Å². The van der Waals surface area contributed by atoms with E-state index >= 15 is 0 Å². The van der Waals surface area contributed by atoms with Gasteiger partial charge in [0.15, 0.2) is 10.9 Å². The van der Waals surface area contributed by atoms with Crippen LogP contribution in [-0.2, 0) is 12.3 Å². The molecule has 0 unspecified atom stereocenters. The van der Waals surface area contributed by atoms with E-state index in [1.807, 2.05) is 24.3 Å². The Morgan fingerprint density at radius 3 is 2.55 bits per heavy atom. The van der Waals surface area contributed by atoms with Gasteiger partial charge in [-0.05, 0) is 29.8 Å². The van der Waals surface area contributed by atoms with Crippen LogP contribution in [0.5, 0.6) is 0 Å². The predicted octanol–water partition coefficient (Wildman–Crippen LogP) is 4.93. The molecule has 1 amide bonds. The molecular weight excluding hydrogens is 389 g/mol. The molecule has 2 aromatic carbocycles. The third-order valence-corrected chi connectivity index (χ3v) is 5.36. The minimum Gasteiger partial charge on any atom is -0.451 e. The number of hydrogen-bond donors (Lipinski definition) is 0. The third-order valence-electron chi connectivity index (χ3n) is 4.46. The van der Waals surface area contributed by atoms with Crippen molar-refractivity contribution in [2.24, 2.45) is 0 Å². The molecule has 0 atom stereocenters. The van der Waals surface area contributed by atoms with Gasteiger partial charge < -0.3 is 9.32 Å². The number of aromatic nitrogens is 2. The molecule has 0 aliphatic heterocycles. The second-order valence-corrected chi connectivity index (χ2v) is 7.46. The highest BCUT2D eigenvalue weighted by atomic mass is 32.2. The summed E-state index contributed by atoms with van der Waals surface area (Å²) in [6.45, 7) is 0.352. The molecule has 0 radical (unpaired) electrons. The molecule has 7 heteroatoms. The number of carbonyl (C=O) groups is 1. The van der Waals surface area contributed by atoms with Crippen LogP contribution in [-0.4, -0.2) is 27.8 Å². The van der Waals surface area contributed by atoms with Gasteiger partial charge in [0.1, 0.15) is 11.4 Å². The van der Waals surface area contributed by atoms with Gasteiger partial charge in [0.25, 0.3) is 5.91 Å². The molecule has 0 aliphatic carbocycles. The maximum Gasteiger partial charge on any atom is 0.289 e. The quantitative estimate of drug-likeness (QED) is 0.335. The summed E-state index contributed by atoms with van der Waals surface area (Å²) in [5.41, 5.74) is 2.32. The van der Waals surface area contributed by atoms with Gasteiger partial charge in [0, 0.05) is 42.7 Å². The number of benzene rings is 2.